The summed E-state index contributed by atoms with van der Waals surface area (Å²) in [5.74, 6) is 0.457. The smallest absolute Gasteiger partial charge is 0.391 e. The molecule has 1 aliphatic carbocycles. The van der Waals surface area contributed by atoms with E-state index in [1.807, 2.05) is 0 Å². The van der Waals surface area contributed by atoms with Crippen molar-refractivity contribution in [3.63, 3.8) is 0 Å². The fourth-order valence-corrected chi connectivity index (χ4v) is 2.48. The highest BCUT2D eigenvalue weighted by atomic mass is 19.4. The normalized spacial score (nSPS) is 24.3. The van der Waals surface area contributed by atoms with Gasteiger partial charge in [0.2, 0.25) is 0 Å². The number of aliphatic hydroxyl groups is 1. The third-order valence-corrected chi connectivity index (χ3v) is 3.63. The summed E-state index contributed by atoms with van der Waals surface area (Å²) in [4.78, 5) is 5.62. The van der Waals surface area contributed by atoms with Crippen LogP contribution in [0.25, 0.3) is 0 Å². The Morgan fingerprint density at radius 1 is 1.26 bits per heavy atom. The van der Waals surface area contributed by atoms with Crippen molar-refractivity contribution >= 4 is 5.82 Å². The van der Waals surface area contributed by atoms with Gasteiger partial charge in [-0.3, -0.25) is 0 Å². The van der Waals surface area contributed by atoms with Gasteiger partial charge in [0.1, 0.15) is 5.82 Å². The van der Waals surface area contributed by atoms with Gasteiger partial charge in [-0.25, -0.2) is 4.98 Å². The number of nitrogens with zero attached hydrogens (tertiary/aromatic N) is 2. The first-order valence-corrected chi connectivity index (χ1v) is 6.34. The van der Waals surface area contributed by atoms with E-state index in [9.17, 15) is 18.3 Å². The summed E-state index contributed by atoms with van der Waals surface area (Å²) in [7, 11) is 1.76. The van der Waals surface area contributed by atoms with E-state index in [-0.39, 0.29) is 6.04 Å². The number of likely N-dealkylation sites (N-methyl/N-ethyl adjacent to an activating group) is 1. The number of hydrogen-bond acceptors (Lipinski definition) is 3. The zero-order valence-electron chi connectivity index (χ0n) is 10.7. The Hall–Kier alpha value is -1.30. The minimum atomic E-state index is -4.37. The largest absolute Gasteiger partial charge is 0.417 e. The number of anilines is 1. The van der Waals surface area contributed by atoms with Gasteiger partial charge in [0.05, 0.1) is 17.7 Å². The summed E-state index contributed by atoms with van der Waals surface area (Å²) in [5.41, 5.74) is -0.756. The molecule has 3 nitrogen and oxygen atoms in total. The zero-order chi connectivity index (χ0) is 14.0. The molecule has 0 bridgehead atoms. The number of aliphatic hydroxyl groups excluding tert-OH is 1. The molecule has 6 heteroatoms. The van der Waals surface area contributed by atoms with E-state index >= 15 is 0 Å². The van der Waals surface area contributed by atoms with Crippen LogP contribution in [0.5, 0.6) is 0 Å². The second-order valence-electron chi connectivity index (χ2n) is 4.93. The molecule has 0 amide bonds. The second-order valence-corrected chi connectivity index (χ2v) is 4.93. The zero-order valence-corrected chi connectivity index (χ0v) is 10.7. The first kappa shape index (κ1) is 14.1. The molecule has 2 unspecified atom stereocenters. The van der Waals surface area contributed by atoms with Gasteiger partial charge in [-0.1, -0.05) is 12.8 Å². The molecule has 1 aromatic heterocycles. The Morgan fingerprint density at radius 2 is 1.95 bits per heavy atom. The molecule has 1 aliphatic rings. The van der Waals surface area contributed by atoms with Gasteiger partial charge in [-0.05, 0) is 25.0 Å². The highest BCUT2D eigenvalue weighted by Gasteiger charge is 2.32. The van der Waals surface area contributed by atoms with Crippen LogP contribution in [0.4, 0.5) is 19.0 Å². The molecule has 1 heterocycles. The average molecular weight is 274 g/mol. The van der Waals surface area contributed by atoms with Crippen molar-refractivity contribution in [2.24, 2.45) is 0 Å². The monoisotopic (exact) mass is 274 g/mol. The number of alkyl halides is 3. The van der Waals surface area contributed by atoms with Crippen LogP contribution in [-0.4, -0.2) is 29.3 Å². The molecule has 106 valence electrons. The molecule has 0 aliphatic heterocycles. The summed E-state index contributed by atoms with van der Waals surface area (Å²) in [6, 6.07) is 2.30. The molecular weight excluding hydrogens is 257 g/mol. The molecule has 2 rings (SSSR count). The van der Waals surface area contributed by atoms with E-state index in [1.165, 1.54) is 6.07 Å². The van der Waals surface area contributed by atoms with Crippen molar-refractivity contribution in [1.29, 1.82) is 0 Å². The maximum atomic E-state index is 12.4. The van der Waals surface area contributed by atoms with Crippen molar-refractivity contribution in [2.75, 3.05) is 11.9 Å². The molecule has 1 aromatic rings. The van der Waals surface area contributed by atoms with Crippen molar-refractivity contribution in [2.45, 2.75) is 44.0 Å². The fourth-order valence-electron chi connectivity index (χ4n) is 2.48. The maximum Gasteiger partial charge on any atom is 0.417 e. The van der Waals surface area contributed by atoms with Crippen LogP contribution in [0, 0.1) is 0 Å². The van der Waals surface area contributed by atoms with Crippen molar-refractivity contribution in [3.05, 3.63) is 23.9 Å². The predicted octanol–water partition coefficient (Wildman–Crippen LogP) is 2.84. The number of hydrogen-bond donors (Lipinski definition) is 1. The molecule has 1 fully saturated rings. The minimum Gasteiger partial charge on any atom is -0.391 e. The Bertz CT molecular complexity index is 419. The minimum absolute atomic E-state index is 0.0713. The van der Waals surface area contributed by atoms with Crippen LogP contribution in [0.2, 0.25) is 0 Å². The van der Waals surface area contributed by atoms with Gasteiger partial charge in [0.25, 0.3) is 0 Å². The second kappa shape index (κ2) is 5.36. The van der Waals surface area contributed by atoms with Crippen LogP contribution in [-0.2, 0) is 6.18 Å². The number of halogens is 3. The predicted molar refractivity (Wildman–Crippen MR) is 65.9 cm³/mol. The van der Waals surface area contributed by atoms with Crippen molar-refractivity contribution in [1.82, 2.24) is 4.98 Å². The molecule has 0 spiro atoms. The van der Waals surface area contributed by atoms with Crippen LogP contribution in [0.1, 0.15) is 31.2 Å². The first-order chi connectivity index (χ1) is 8.89. The molecule has 2 atom stereocenters. The summed E-state index contributed by atoms with van der Waals surface area (Å²) in [6.07, 6.45) is -0.396. The number of rotatable bonds is 2. The van der Waals surface area contributed by atoms with E-state index in [2.05, 4.69) is 4.98 Å². The molecule has 0 radical (unpaired) electrons. The van der Waals surface area contributed by atoms with Gasteiger partial charge in [0.15, 0.2) is 0 Å². The molecule has 1 saturated carbocycles. The van der Waals surface area contributed by atoms with E-state index in [0.717, 1.165) is 37.9 Å². The van der Waals surface area contributed by atoms with Gasteiger partial charge >= 0.3 is 6.18 Å². The lowest BCUT2D eigenvalue weighted by molar-refractivity contribution is -0.137. The Kier molecular flexibility index (Phi) is 3.99. The molecule has 1 N–H and O–H groups in total. The van der Waals surface area contributed by atoms with Gasteiger partial charge in [-0.2, -0.15) is 13.2 Å². The molecule has 19 heavy (non-hydrogen) atoms. The van der Waals surface area contributed by atoms with Crippen molar-refractivity contribution < 1.29 is 18.3 Å². The lowest BCUT2D eigenvalue weighted by atomic mass is 9.91. The first-order valence-electron chi connectivity index (χ1n) is 6.34. The lowest BCUT2D eigenvalue weighted by Crippen LogP contribution is -2.43. The molecule has 0 aromatic carbocycles. The SMILES string of the molecule is CN(c1ccc(C(F)(F)F)cn1)C1CCCCC1O. The number of pyridine rings is 1. The third-order valence-electron chi connectivity index (χ3n) is 3.63. The van der Waals surface area contributed by atoms with Crippen LogP contribution >= 0.6 is 0 Å². The van der Waals surface area contributed by atoms with Gasteiger partial charge in [0, 0.05) is 13.2 Å². The fraction of sp³-hybridized carbons (Fsp3) is 0.615. The molecular formula is C13H17F3N2O. The van der Waals surface area contributed by atoms with E-state index < -0.39 is 17.8 Å². The van der Waals surface area contributed by atoms with Crippen LogP contribution in [0.3, 0.4) is 0 Å². The van der Waals surface area contributed by atoms with Crippen LogP contribution < -0.4 is 4.90 Å². The highest BCUT2D eigenvalue weighted by Crippen LogP contribution is 2.30. The van der Waals surface area contributed by atoms with E-state index in [0.29, 0.717) is 5.82 Å². The van der Waals surface area contributed by atoms with Gasteiger partial charge < -0.3 is 10.0 Å². The standard InChI is InChI=1S/C13H17F3N2O/c1-18(10-4-2-3-5-11(10)19)12-7-6-9(8-17-12)13(14,15)16/h6-8,10-11,19H,2-5H2,1H3. The Morgan fingerprint density at radius 3 is 2.47 bits per heavy atom. The average Bonchev–Trinajstić information content (AvgIpc) is 2.38. The third kappa shape index (κ3) is 3.18. The summed E-state index contributed by atoms with van der Waals surface area (Å²) in [5, 5.41) is 9.94. The van der Waals surface area contributed by atoms with Crippen LogP contribution in [0.15, 0.2) is 18.3 Å². The Labute approximate surface area is 110 Å². The molecule has 0 saturated heterocycles. The number of aromatic nitrogens is 1. The summed E-state index contributed by atoms with van der Waals surface area (Å²) in [6.45, 7) is 0. The lowest BCUT2D eigenvalue weighted by Gasteiger charge is -2.35. The topological polar surface area (TPSA) is 36.4 Å². The summed E-state index contributed by atoms with van der Waals surface area (Å²) < 4.78 is 37.3. The van der Waals surface area contributed by atoms with Gasteiger partial charge in [-0.15, -0.1) is 0 Å². The highest BCUT2D eigenvalue weighted by molar-refractivity contribution is 5.40. The quantitative estimate of drug-likeness (QED) is 0.901. The summed E-state index contributed by atoms with van der Waals surface area (Å²) >= 11 is 0. The van der Waals surface area contributed by atoms with E-state index in [4.69, 9.17) is 0 Å². The van der Waals surface area contributed by atoms with E-state index in [1.54, 1.807) is 11.9 Å². The Balaban J connectivity index is 2.13. The van der Waals surface area contributed by atoms with Crippen molar-refractivity contribution in [3.8, 4) is 0 Å². The maximum absolute atomic E-state index is 12.4.